The maximum atomic E-state index is 12.0. The van der Waals surface area contributed by atoms with Gasteiger partial charge in [-0.3, -0.25) is 0 Å². The predicted molar refractivity (Wildman–Crippen MR) is 62.8 cm³/mol. The number of hydrogen-bond acceptors (Lipinski definition) is 2. The Morgan fingerprint density at radius 2 is 2.25 bits per heavy atom. The fourth-order valence-corrected chi connectivity index (χ4v) is 1.71. The summed E-state index contributed by atoms with van der Waals surface area (Å²) in [5, 5.41) is 4.07. The molecule has 0 bridgehead atoms. The molecule has 1 saturated carbocycles. The van der Waals surface area contributed by atoms with Crippen LogP contribution in [0.2, 0.25) is 5.02 Å². The molecule has 16 heavy (non-hydrogen) atoms. The number of benzene rings is 1. The minimum absolute atomic E-state index is 0.0953. The van der Waals surface area contributed by atoms with Gasteiger partial charge >= 0.3 is 0 Å². The van der Waals surface area contributed by atoms with Gasteiger partial charge in [0.1, 0.15) is 19.0 Å². The first-order chi connectivity index (χ1) is 7.79. The van der Waals surface area contributed by atoms with Crippen molar-refractivity contribution in [3.63, 3.8) is 0 Å². The number of rotatable bonds is 6. The van der Waals surface area contributed by atoms with E-state index in [1.54, 1.807) is 12.1 Å². The normalized spacial score (nSPS) is 15.1. The topological polar surface area (TPSA) is 21.3 Å². The largest absolute Gasteiger partial charge is 0.491 e. The third-order valence-corrected chi connectivity index (χ3v) is 2.75. The van der Waals surface area contributed by atoms with Crippen molar-refractivity contribution in [2.45, 2.75) is 25.4 Å². The Balaban J connectivity index is 2.01. The molecule has 4 heteroatoms. The summed E-state index contributed by atoms with van der Waals surface area (Å²) in [5.41, 5.74) is 0.993. The van der Waals surface area contributed by atoms with Crippen LogP contribution in [0.3, 0.4) is 0 Å². The highest BCUT2D eigenvalue weighted by Gasteiger charge is 2.20. The lowest BCUT2D eigenvalue weighted by Gasteiger charge is -2.11. The standard InChI is InChI=1S/C12H15ClFNO/c13-10-1-4-12(16-6-5-14)9(7-10)8-15-11-2-3-11/h1,4,7,11,15H,2-3,5-6,8H2. The molecule has 0 radical (unpaired) electrons. The van der Waals surface area contributed by atoms with E-state index in [9.17, 15) is 4.39 Å². The van der Waals surface area contributed by atoms with Crippen molar-refractivity contribution >= 4 is 11.6 Å². The van der Waals surface area contributed by atoms with Crippen molar-refractivity contribution in [2.75, 3.05) is 13.3 Å². The molecule has 2 rings (SSSR count). The van der Waals surface area contributed by atoms with E-state index in [2.05, 4.69) is 5.32 Å². The summed E-state index contributed by atoms with van der Waals surface area (Å²) >= 11 is 5.92. The Bertz CT molecular complexity index is 355. The molecule has 1 aliphatic rings. The summed E-state index contributed by atoms with van der Waals surface area (Å²) in [6, 6.07) is 6.05. The average molecular weight is 244 g/mol. The van der Waals surface area contributed by atoms with Crippen LogP contribution in [-0.4, -0.2) is 19.3 Å². The Hall–Kier alpha value is -0.800. The van der Waals surface area contributed by atoms with Crippen molar-refractivity contribution in [2.24, 2.45) is 0 Å². The maximum absolute atomic E-state index is 12.0. The smallest absolute Gasteiger partial charge is 0.124 e. The third kappa shape index (κ3) is 3.35. The molecule has 1 aromatic rings. The van der Waals surface area contributed by atoms with Gasteiger partial charge in [-0.1, -0.05) is 11.6 Å². The summed E-state index contributed by atoms with van der Waals surface area (Å²) in [5.74, 6) is 0.718. The molecule has 88 valence electrons. The fourth-order valence-electron chi connectivity index (χ4n) is 1.52. The Morgan fingerprint density at radius 1 is 1.44 bits per heavy atom. The van der Waals surface area contributed by atoms with Gasteiger partial charge in [0.25, 0.3) is 0 Å². The highest BCUT2D eigenvalue weighted by Crippen LogP contribution is 2.25. The molecule has 1 N–H and O–H groups in total. The van der Waals surface area contributed by atoms with E-state index in [1.807, 2.05) is 6.07 Å². The van der Waals surface area contributed by atoms with Crippen molar-refractivity contribution in [3.8, 4) is 5.75 Å². The van der Waals surface area contributed by atoms with E-state index in [1.165, 1.54) is 12.8 Å². The summed E-state index contributed by atoms with van der Waals surface area (Å²) in [6.45, 7) is 0.350. The van der Waals surface area contributed by atoms with Crippen LogP contribution in [-0.2, 0) is 6.54 Å². The number of ether oxygens (including phenoxy) is 1. The van der Waals surface area contributed by atoms with E-state index in [0.29, 0.717) is 11.1 Å². The molecule has 0 aromatic heterocycles. The van der Waals surface area contributed by atoms with Crippen molar-refractivity contribution < 1.29 is 9.13 Å². The zero-order valence-corrected chi connectivity index (χ0v) is 9.77. The molecular formula is C12H15ClFNO. The van der Waals surface area contributed by atoms with Crippen LogP contribution in [0.1, 0.15) is 18.4 Å². The molecule has 0 unspecified atom stereocenters. The van der Waals surface area contributed by atoms with Gasteiger partial charge in [-0.25, -0.2) is 4.39 Å². The lowest BCUT2D eigenvalue weighted by molar-refractivity contribution is 0.270. The minimum Gasteiger partial charge on any atom is -0.491 e. The molecule has 1 aromatic carbocycles. The molecule has 0 heterocycles. The third-order valence-electron chi connectivity index (χ3n) is 2.52. The van der Waals surface area contributed by atoms with Crippen molar-refractivity contribution in [1.29, 1.82) is 0 Å². The summed E-state index contributed by atoms with van der Waals surface area (Å²) < 4.78 is 17.4. The zero-order valence-electron chi connectivity index (χ0n) is 9.01. The second-order valence-electron chi connectivity index (χ2n) is 3.94. The number of alkyl halides is 1. The Morgan fingerprint density at radius 3 is 2.94 bits per heavy atom. The zero-order chi connectivity index (χ0) is 11.4. The van der Waals surface area contributed by atoms with E-state index in [0.717, 1.165) is 17.9 Å². The first-order valence-corrected chi connectivity index (χ1v) is 5.88. The van der Waals surface area contributed by atoms with Gasteiger partial charge in [0.2, 0.25) is 0 Å². The van der Waals surface area contributed by atoms with Gasteiger partial charge in [-0.15, -0.1) is 0 Å². The predicted octanol–water partition coefficient (Wildman–Crippen LogP) is 2.94. The van der Waals surface area contributed by atoms with Crippen molar-refractivity contribution in [1.82, 2.24) is 5.32 Å². The lowest BCUT2D eigenvalue weighted by atomic mass is 10.2. The molecule has 1 aliphatic carbocycles. The fraction of sp³-hybridized carbons (Fsp3) is 0.500. The van der Waals surface area contributed by atoms with Crippen LogP contribution in [0, 0.1) is 0 Å². The summed E-state index contributed by atoms with van der Waals surface area (Å²) in [7, 11) is 0. The Labute approximate surface area is 99.7 Å². The van der Waals surface area contributed by atoms with Gasteiger partial charge in [-0.05, 0) is 31.0 Å². The van der Waals surface area contributed by atoms with Gasteiger partial charge in [0.15, 0.2) is 0 Å². The minimum atomic E-state index is -0.474. The highest BCUT2D eigenvalue weighted by atomic mass is 35.5. The van der Waals surface area contributed by atoms with Crippen molar-refractivity contribution in [3.05, 3.63) is 28.8 Å². The van der Waals surface area contributed by atoms with E-state index < -0.39 is 6.67 Å². The van der Waals surface area contributed by atoms with Crippen LogP contribution >= 0.6 is 11.6 Å². The van der Waals surface area contributed by atoms with Gasteiger partial charge in [-0.2, -0.15) is 0 Å². The summed E-state index contributed by atoms with van der Waals surface area (Å²) in [4.78, 5) is 0. The van der Waals surface area contributed by atoms with Crippen LogP contribution in [0.25, 0.3) is 0 Å². The van der Waals surface area contributed by atoms with Crippen LogP contribution < -0.4 is 10.1 Å². The number of halogens is 2. The van der Waals surface area contributed by atoms with E-state index in [4.69, 9.17) is 16.3 Å². The molecule has 0 saturated heterocycles. The molecule has 1 fully saturated rings. The monoisotopic (exact) mass is 243 g/mol. The lowest BCUT2D eigenvalue weighted by Crippen LogP contribution is -2.16. The van der Waals surface area contributed by atoms with Crippen LogP contribution in [0.5, 0.6) is 5.75 Å². The first-order valence-electron chi connectivity index (χ1n) is 5.50. The molecule has 0 aliphatic heterocycles. The molecular weight excluding hydrogens is 229 g/mol. The molecule has 0 atom stereocenters. The molecule has 0 spiro atoms. The van der Waals surface area contributed by atoms with Gasteiger partial charge in [0.05, 0.1) is 0 Å². The van der Waals surface area contributed by atoms with Crippen LogP contribution in [0.4, 0.5) is 4.39 Å². The second-order valence-corrected chi connectivity index (χ2v) is 4.38. The molecule has 0 amide bonds. The first kappa shape index (κ1) is 11.7. The quantitative estimate of drug-likeness (QED) is 0.830. The summed E-state index contributed by atoms with van der Waals surface area (Å²) in [6.07, 6.45) is 2.47. The van der Waals surface area contributed by atoms with E-state index >= 15 is 0 Å². The maximum Gasteiger partial charge on any atom is 0.124 e. The molecule has 2 nitrogen and oxygen atoms in total. The van der Waals surface area contributed by atoms with Crippen LogP contribution in [0.15, 0.2) is 18.2 Å². The van der Waals surface area contributed by atoms with Gasteiger partial charge in [0, 0.05) is 23.2 Å². The number of hydrogen-bond donors (Lipinski definition) is 1. The number of nitrogens with one attached hydrogen (secondary N) is 1. The highest BCUT2D eigenvalue weighted by molar-refractivity contribution is 6.30. The second kappa shape index (κ2) is 5.51. The average Bonchev–Trinajstić information content (AvgIpc) is 3.09. The van der Waals surface area contributed by atoms with Gasteiger partial charge < -0.3 is 10.1 Å². The Kier molecular flexibility index (Phi) is 4.02. The van der Waals surface area contributed by atoms with E-state index in [-0.39, 0.29) is 6.61 Å². The SMILES string of the molecule is FCCOc1ccc(Cl)cc1CNC1CC1.